The molecule has 9 nitrogen and oxygen atoms in total. The SMILES string of the molecule is COc1ccc2c(c1)C(=O)c1c-2ccc2c1-c1ccc(OC(F)(F)F)cc1C2=C(C#N)C#N.COc1ccc2c(c1)c(=O)c1c2ccc2c(=O)c3cc(OC(F)(F)F)ccc3c21. The topological polar surface area (TPSA) is 136 Å². The van der Waals surface area contributed by atoms with Crippen LogP contribution in [0.5, 0.6) is 23.0 Å². The molecular weight excluding hydrogens is 819 g/mol. The molecule has 0 saturated heterocycles. The highest BCUT2D eigenvalue weighted by Crippen LogP contribution is 2.53. The highest BCUT2D eigenvalue weighted by atomic mass is 19.4. The fourth-order valence-corrected chi connectivity index (χ4v) is 8.47. The lowest BCUT2D eigenvalue weighted by Gasteiger charge is -2.11. The quantitative estimate of drug-likeness (QED) is 0.125. The molecule has 15 heteroatoms. The molecule has 62 heavy (non-hydrogen) atoms. The summed E-state index contributed by atoms with van der Waals surface area (Å²) in [7, 11) is 2.99. The van der Waals surface area contributed by atoms with Crippen molar-refractivity contribution in [3.63, 3.8) is 0 Å². The van der Waals surface area contributed by atoms with Gasteiger partial charge in [-0.15, -0.1) is 26.3 Å². The van der Waals surface area contributed by atoms with Crippen molar-refractivity contribution < 1.29 is 50.1 Å². The van der Waals surface area contributed by atoms with Crippen LogP contribution in [0.25, 0.3) is 70.9 Å². The Morgan fingerprint density at radius 1 is 0.468 bits per heavy atom. The zero-order chi connectivity index (χ0) is 44.0. The van der Waals surface area contributed by atoms with E-state index in [4.69, 9.17) is 9.47 Å². The molecule has 0 unspecified atom stereocenters. The van der Waals surface area contributed by atoms with E-state index in [-0.39, 0.29) is 38.7 Å². The first-order chi connectivity index (χ1) is 29.5. The molecule has 0 radical (unpaired) electrons. The van der Waals surface area contributed by atoms with Crippen LogP contribution in [0, 0.1) is 22.7 Å². The van der Waals surface area contributed by atoms with Crippen LogP contribution in [0.4, 0.5) is 26.3 Å². The molecule has 2 aliphatic rings. The third-order valence-electron chi connectivity index (χ3n) is 10.9. The number of alkyl halides is 6. The van der Waals surface area contributed by atoms with E-state index in [9.17, 15) is 51.2 Å². The van der Waals surface area contributed by atoms with Gasteiger partial charge in [-0.3, -0.25) is 14.4 Å². The van der Waals surface area contributed by atoms with E-state index in [2.05, 4.69) is 9.47 Å². The minimum absolute atomic E-state index is 0.0801. The Morgan fingerprint density at radius 2 is 0.952 bits per heavy atom. The van der Waals surface area contributed by atoms with Crippen LogP contribution < -0.4 is 29.8 Å². The van der Waals surface area contributed by atoms with Gasteiger partial charge in [-0.05, 0) is 117 Å². The van der Waals surface area contributed by atoms with E-state index >= 15 is 0 Å². The van der Waals surface area contributed by atoms with Crippen molar-refractivity contribution in [1.82, 2.24) is 0 Å². The lowest BCUT2D eigenvalue weighted by Crippen LogP contribution is -2.17. The summed E-state index contributed by atoms with van der Waals surface area (Å²) in [5.41, 5.74) is 2.95. The summed E-state index contributed by atoms with van der Waals surface area (Å²) in [6.07, 6.45) is -9.77. The average Bonchev–Trinajstić information content (AvgIpc) is 3.91. The zero-order valence-electron chi connectivity index (χ0n) is 31.8. The Hall–Kier alpha value is -8.17. The lowest BCUT2D eigenvalue weighted by molar-refractivity contribution is -0.275. The summed E-state index contributed by atoms with van der Waals surface area (Å²) in [5, 5.41) is 22.5. The van der Waals surface area contributed by atoms with Crippen LogP contribution in [0.2, 0.25) is 0 Å². The number of carbonyl (C=O) groups is 1. The van der Waals surface area contributed by atoms with E-state index in [1.165, 1.54) is 26.4 Å². The van der Waals surface area contributed by atoms with Gasteiger partial charge in [0.2, 0.25) is 0 Å². The Balaban J connectivity index is 0.000000159. The summed E-state index contributed by atoms with van der Waals surface area (Å²) in [6, 6.07) is 27.9. The first-order valence-corrected chi connectivity index (χ1v) is 18.3. The first-order valence-electron chi connectivity index (χ1n) is 18.3. The highest BCUT2D eigenvalue weighted by Gasteiger charge is 2.38. The van der Waals surface area contributed by atoms with Gasteiger partial charge < -0.3 is 18.9 Å². The predicted molar refractivity (Wildman–Crippen MR) is 216 cm³/mol. The molecule has 304 valence electrons. The second-order valence-corrected chi connectivity index (χ2v) is 14.1. The number of ether oxygens (including phenoxy) is 4. The van der Waals surface area contributed by atoms with Gasteiger partial charge in [0.15, 0.2) is 16.6 Å². The summed E-state index contributed by atoms with van der Waals surface area (Å²) in [6.45, 7) is 0. The number of nitrogens with zero attached hydrogens (tertiary/aromatic N) is 2. The molecular formula is C47H22F6N2O7. The fourth-order valence-electron chi connectivity index (χ4n) is 8.47. The van der Waals surface area contributed by atoms with E-state index in [1.807, 2.05) is 12.1 Å². The van der Waals surface area contributed by atoms with Gasteiger partial charge in [0.1, 0.15) is 40.7 Å². The van der Waals surface area contributed by atoms with Crippen molar-refractivity contribution in [3.8, 4) is 57.4 Å². The van der Waals surface area contributed by atoms with Crippen LogP contribution >= 0.6 is 0 Å². The number of hydrogen-bond acceptors (Lipinski definition) is 9. The standard InChI is InChI=1S/C25H11F3N2O3.C22H11F3O4/c1-32-13-2-4-15-16-6-7-18-21(12(10-29)11-30)19-9-14(33-25(26,27)28)3-5-17(19)22(18)23(16)24(31)20(15)8-13;1-28-10-2-4-12-13-6-7-15-18(19(13)21(27)16(12)8-10)14-5-3-11(29-22(23,24)25)9-17(14)20(15)26/h2-9H,1H3;2-9H,1H3. The fraction of sp³-hybridized carbons (Fsp3) is 0.0851. The molecule has 0 aromatic heterocycles. The molecule has 8 aromatic rings. The first kappa shape index (κ1) is 39.3. The van der Waals surface area contributed by atoms with Crippen LogP contribution in [0.15, 0.2) is 112 Å². The van der Waals surface area contributed by atoms with Gasteiger partial charge in [0.05, 0.1) is 14.2 Å². The number of benzene rings is 6. The van der Waals surface area contributed by atoms with E-state index in [0.717, 1.165) is 29.7 Å². The average molecular weight is 841 g/mol. The molecule has 0 heterocycles. The van der Waals surface area contributed by atoms with E-state index in [1.54, 1.807) is 60.7 Å². The summed E-state index contributed by atoms with van der Waals surface area (Å²) in [4.78, 5) is 39.4. The molecule has 2 aliphatic carbocycles. The molecule has 0 N–H and O–H groups in total. The van der Waals surface area contributed by atoms with Crippen molar-refractivity contribution in [2.24, 2.45) is 0 Å². The smallest absolute Gasteiger partial charge is 0.497 e. The summed E-state index contributed by atoms with van der Waals surface area (Å²) in [5.74, 6) is -0.190. The minimum Gasteiger partial charge on any atom is -0.497 e. The molecule has 0 saturated carbocycles. The molecule has 0 atom stereocenters. The third kappa shape index (κ3) is 6.13. The largest absolute Gasteiger partial charge is 0.573 e. The van der Waals surface area contributed by atoms with Gasteiger partial charge in [0, 0.05) is 49.2 Å². The van der Waals surface area contributed by atoms with Gasteiger partial charge in [0.25, 0.3) is 0 Å². The van der Waals surface area contributed by atoms with Crippen molar-refractivity contribution >= 4 is 54.4 Å². The summed E-state index contributed by atoms with van der Waals surface area (Å²) < 4.78 is 94.4. The Labute approximate surface area is 344 Å². The molecule has 0 amide bonds. The maximum absolute atomic E-state index is 13.4. The highest BCUT2D eigenvalue weighted by molar-refractivity contribution is 6.29. The lowest BCUT2D eigenvalue weighted by atomic mass is 9.93. The minimum atomic E-state index is -4.91. The van der Waals surface area contributed by atoms with Crippen LogP contribution in [-0.4, -0.2) is 32.7 Å². The van der Waals surface area contributed by atoms with Crippen molar-refractivity contribution in [2.75, 3.05) is 14.2 Å². The monoisotopic (exact) mass is 840 g/mol. The maximum atomic E-state index is 13.4. The Bertz CT molecular complexity index is 3500. The van der Waals surface area contributed by atoms with Crippen molar-refractivity contribution in [3.05, 3.63) is 145 Å². The number of ketones is 1. The maximum Gasteiger partial charge on any atom is 0.573 e. The Kier molecular flexibility index (Phi) is 8.85. The number of halogens is 6. The molecule has 0 spiro atoms. The molecule has 10 rings (SSSR count). The van der Waals surface area contributed by atoms with Crippen LogP contribution in [0.3, 0.4) is 0 Å². The normalized spacial score (nSPS) is 12.6. The molecule has 0 aliphatic heterocycles. The number of nitriles is 2. The predicted octanol–water partition coefficient (Wildman–Crippen LogP) is 10.4. The number of hydrogen-bond donors (Lipinski definition) is 0. The van der Waals surface area contributed by atoms with Crippen molar-refractivity contribution in [2.45, 2.75) is 12.7 Å². The molecule has 0 bridgehead atoms. The van der Waals surface area contributed by atoms with Gasteiger partial charge in [-0.2, -0.15) is 10.5 Å². The number of carbonyl (C=O) groups excluding carboxylic acids is 1. The number of fused-ring (bicyclic) bond motifs is 14. The second-order valence-electron chi connectivity index (χ2n) is 14.1. The zero-order valence-corrected chi connectivity index (χ0v) is 31.8. The van der Waals surface area contributed by atoms with Crippen LogP contribution in [-0.2, 0) is 0 Å². The van der Waals surface area contributed by atoms with E-state index in [0.29, 0.717) is 77.4 Å². The summed E-state index contributed by atoms with van der Waals surface area (Å²) >= 11 is 0. The van der Waals surface area contributed by atoms with Gasteiger partial charge in [-0.25, -0.2) is 0 Å². The number of rotatable bonds is 4. The Morgan fingerprint density at radius 3 is 1.63 bits per heavy atom. The van der Waals surface area contributed by atoms with Crippen LogP contribution in [0.1, 0.15) is 27.0 Å². The second kappa shape index (κ2) is 14.0. The van der Waals surface area contributed by atoms with Gasteiger partial charge in [-0.1, -0.05) is 24.3 Å². The van der Waals surface area contributed by atoms with Gasteiger partial charge >= 0.3 is 12.7 Å². The number of methoxy groups -OCH3 is 2. The molecule has 0 fully saturated rings. The number of allylic oxidation sites excluding steroid dienone is 1. The van der Waals surface area contributed by atoms with E-state index < -0.39 is 29.7 Å². The third-order valence-corrected chi connectivity index (χ3v) is 10.9. The molecule has 8 aromatic carbocycles. The van der Waals surface area contributed by atoms with Crippen molar-refractivity contribution in [1.29, 1.82) is 10.5 Å².